The second-order valence-electron chi connectivity index (χ2n) is 9.17. The number of aliphatic hydroxyl groups excluding tert-OH is 1. The van der Waals surface area contributed by atoms with Crippen molar-refractivity contribution in [1.29, 1.82) is 0 Å². The van der Waals surface area contributed by atoms with Crippen LogP contribution in [0.2, 0.25) is 5.02 Å². The van der Waals surface area contributed by atoms with Crippen molar-refractivity contribution in [2.75, 3.05) is 25.6 Å². The van der Waals surface area contributed by atoms with Gasteiger partial charge in [0.2, 0.25) is 0 Å². The van der Waals surface area contributed by atoms with Crippen LogP contribution in [0.15, 0.2) is 54.6 Å². The zero-order chi connectivity index (χ0) is 28.4. The number of carbonyl (C=O) groups excluding carboxylic acids is 3. The first-order chi connectivity index (χ1) is 19.3. The maximum Gasteiger partial charge on any atom is 0.340 e. The lowest BCUT2D eigenvalue weighted by atomic mass is 10.0. The topological polar surface area (TPSA) is 110 Å². The van der Waals surface area contributed by atoms with Crippen LogP contribution in [0.4, 0.5) is 0 Å². The van der Waals surface area contributed by atoms with Crippen molar-refractivity contribution in [3.8, 4) is 5.75 Å². The smallest absolute Gasteiger partial charge is 0.340 e. The van der Waals surface area contributed by atoms with Gasteiger partial charge < -0.3 is 19.1 Å². The number of aromatic nitrogens is 1. The van der Waals surface area contributed by atoms with Crippen LogP contribution >= 0.6 is 23.4 Å². The molecule has 3 aromatic carbocycles. The highest BCUT2D eigenvalue weighted by atomic mass is 35.5. The molecule has 2 heterocycles. The molecule has 1 saturated heterocycles. The molecule has 40 heavy (non-hydrogen) atoms. The number of fused-ring (bicyclic) bond motifs is 3. The minimum atomic E-state index is -0.501. The highest BCUT2D eigenvalue weighted by molar-refractivity contribution is 8.00. The molecule has 0 aliphatic carbocycles. The van der Waals surface area contributed by atoms with Crippen LogP contribution in [0.3, 0.4) is 0 Å². The number of halogens is 1. The molecule has 1 atom stereocenters. The number of nitrogens with one attached hydrogen (secondary N) is 1. The quantitative estimate of drug-likeness (QED) is 0.278. The molecule has 0 spiro atoms. The van der Waals surface area contributed by atoms with Gasteiger partial charge in [0.25, 0.3) is 11.8 Å². The Balaban J connectivity index is 1.45. The van der Waals surface area contributed by atoms with Gasteiger partial charge in [0, 0.05) is 33.4 Å². The second-order valence-corrected chi connectivity index (χ2v) is 10.7. The predicted octanol–water partition coefficient (Wildman–Crippen LogP) is 4.61. The Bertz CT molecular complexity index is 1600. The Morgan fingerprint density at radius 3 is 2.55 bits per heavy atom. The van der Waals surface area contributed by atoms with E-state index in [0.717, 1.165) is 21.9 Å². The first-order valence-corrected chi connectivity index (χ1v) is 14.2. The van der Waals surface area contributed by atoms with E-state index in [-0.39, 0.29) is 36.9 Å². The number of esters is 1. The molecule has 4 aromatic rings. The Morgan fingerprint density at radius 2 is 1.85 bits per heavy atom. The number of hydrogen-bond acceptors (Lipinski definition) is 7. The maximum absolute atomic E-state index is 13.0. The van der Waals surface area contributed by atoms with E-state index in [1.807, 2.05) is 47.9 Å². The summed E-state index contributed by atoms with van der Waals surface area (Å²) in [7, 11) is 0. The summed E-state index contributed by atoms with van der Waals surface area (Å²) >= 11 is 7.41. The number of rotatable bonds is 9. The SMILES string of the molecule is CCOC(=O)c1c(C)n(CCO)c2c1cc(OCC(=O)NN1C(=O)CS[C@@H]1c1ccc(Cl)cc1)c1ccccc12. The Labute approximate surface area is 239 Å². The standard InChI is InChI=1S/C29H28ClN3O6S/c1-3-38-29(37)26-17(2)32(12-13-34)27-21-7-5-4-6-20(21)23(14-22(26)27)39-15-24(35)31-33-25(36)16-40-28(33)18-8-10-19(30)11-9-18/h4-11,14,28,34H,3,12-13,15-16H2,1-2H3,(H,31,35)/t28-/m1/s1. The van der Waals surface area contributed by atoms with Crippen LogP contribution in [0, 0.1) is 6.92 Å². The van der Waals surface area contributed by atoms with Crippen molar-refractivity contribution in [1.82, 2.24) is 15.0 Å². The largest absolute Gasteiger partial charge is 0.483 e. The van der Waals surface area contributed by atoms with Crippen LogP contribution in [0.25, 0.3) is 21.7 Å². The third-order valence-electron chi connectivity index (χ3n) is 6.71. The fourth-order valence-corrected chi connectivity index (χ4v) is 6.23. The number of hydrogen-bond donors (Lipinski definition) is 2. The number of amides is 2. The third kappa shape index (κ3) is 5.22. The summed E-state index contributed by atoms with van der Waals surface area (Å²) in [6.45, 7) is 3.60. The molecule has 208 valence electrons. The molecule has 2 amide bonds. The number of nitrogens with zero attached hydrogens (tertiary/aromatic N) is 2. The highest BCUT2D eigenvalue weighted by Gasteiger charge is 2.34. The molecule has 5 rings (SSSR count). The first-order valence-electron chi connectivity index (χ1n) is 12.8. The molecule has 0 saturated carbocycles. The number of thioether (sulfide) groups is 1. The number of hydrazine groups is 1. The predicted molar refractivity (Wildman–Crippen MR) is 154 cm³/mol. The van der Waals surface area contributed by atoms with Crippen molar-refractivity contribution in [3.63, 3.8) is 0 Å². The van der Waals surface area contributed by atoms with Crippen molar-refractivity contribution >= 4 is 62.8 Å². The fourth-order valence-electron chi connectivity index (χ4n) is 4.99. The van der Waals surface area contributed by atoms with Gasteiger partial charge in [0.1, 0.15) is 11.1 Å². The van der Waals surface area contributed by atoms with Gasteiger partial charge in [-0.25, -0.2) is 9.80 Å². The van der Waals surface area contributed by atoms with E-state index in [1.54, 1.807) is 25.1 Å². The van der Waals surface area contributed by atoms with Crippen molar-refractivity contribution in [3.05, 3.63) is 76.4 Å². The molecule has 1 aliphatic heterocycles. The first kappa shape index (κ1) is 27.8. The van der Waals surface area contributed by atoms with E-state index in [9.17, 15) is 19.5 Å². The molecule has 0 unspecified atom stereocenters. The molecule has 0 bridgehead atoms. The van der Waals surface area contributed by atoms with E-state index >= 15 is 0 Å². The van der Waals surface area contributed by atoms with E-state index in [2.05, 4.69) is 5.43 Å². The van der Waals surface area contributed by atoms with Gasteiger partial charge in [-0.1, -0.05) is 48.0 Å². The molecular weight excluding hydrogens is 554 g/mol. The monoisotopic (exact) mass is 581 g/mol. The van der Waals surface area contributed by atoms with Crippen LogP contribution in [-0.4, -0.2) is 58.0 Å². The number of ether oxygens (including phenoxy) is 2. The molecule has 1 aliphatic rings. The Morgan fingerprint density at radius 1 is 1.12 bits per heavy atom. The van der Waals surface area contributed by atoms with Crippen LogP contribution < -0.4 is 10.2 Å². The average molecular weight is 582 g/mol. The van der Waals surface area contributed by atoms with Gasteiger partial charge in [-0.15, -0.1) is 11.8 Å². The molecule has 11 heteroatoms. The highest BCUT2D eigenvalue weighted by Crippen LogP contribution is 2.39. The van der Waals surface area contributed by atoms with Gasteiger partial charge in [-0.2, -0.15) is 0 Å². The molecule has 1 fully saturated rings. The number of benzene rings is 3. The summed E-state index contributed by atoms with van der Waals surface area (Å²) < 4.78 is 13.2. The molecule has 9 nitrogen and oxygen atoms in total. The summed E-state index contributed by atoms with van der Waals surface area (Å²) in [6, 6.07) is 16.4. The van der Waals surface area contributed by atoms with Crippen LogP contribution in [0.5, 0.6) is 5.75 Å². The van der Waals surface area contributed by atoms with Crippen molar-refractivity contribution < 1.29 is 29.0 Å². The molecular formula is C29H28ClN3O6S. The molecule has 1 aromatic heterocycles. The Hall–Kier alpha value is -3.73. The lowest BCUT2D eigenvalue weighted by Gasteiger charge is -2.24. The fraction of sp³-hybridized carbons (Fsp3) is 0.276. The minimum absolute atomic E-state index is 0.107. The third-order valence-corrected chi connectivity index (χ3v) is 8.18. The molecule has 0 radical (unpaired) electrons. The van der Waals surface area contributed by atoms with Gasteiger partial charge in [-0.05, 0) is 37.6 Å². The maximum atomic E-state index is 13.0. The molecule has 2 N–H and O–H groups in total. The number of carbonyl (C=O) groups is 3. The summed E-state index contributed by atoms with van der Waals surface area (Å²) in [6.07, 6.45) is 0. The Kier molecular flexibility index (Phi) is 8.20. The number of aliphatic hydroxyl groups is 1. The van der Waals surface area contributed by atoms with Crippen LogP contribution in [-0.2, 0) is 20.9 Å². The summed E-state index contributed by atoms with van der Waals surface area (Å²) in [5.41, 5.74) is 5.35. The summed E-state index contributed by atoms with van der Waals surface area (Å²) in [4.78, 5) is 38.5. The van der Waals surface area contributed by atoms with Crippen molar-refractivity contribution in [2.24, 2.45) is 0 Å². The average Bonchev–Trinajstić information content (AvgIpc) is 3.44. The normalized spacial score (nSPS) is 15.2. The van der Waals surface area contributed by atoms with Crippen molar-refractivity contribution in [2.45, 2.75) is 25.8 Å². The van der Waals surface area contributed by atoms with Crippen LogP contribution in [0.1, 0.15) is 33.9 Å². The summed E-state index contributed by atoms with van der Waals surface area (Å²) in [5, 5.41) is 13.4. The van der Waals surface area contributed by atoms with Gasteiger partial charge >= 0.3 is 5.97 Å². The van der Waals surface area contributed by atoms with Gasteiger partial charge in [0.05, 0.1) is 30.0 Å². The zero-order valence-corrected chi connectivity index (χ0v) is 23.6. The lowest BCUT2D eigenvalue weighted by Crippen LogP contribution is -2.46. The zero-order valence-electron chi connectivity index (χ0n) is 22.0. The van der Waals surface area contributed by atoms with Gasteiger partial charge in [0.15, 0.2) is 6.61 Å². The minimum Gasteiger partial charge on any atom is -0.483 e. The van der Waals surface area contributed by atoms with E-state index in [4.69, 9.17) is 21.1 Å². The van der Waals surface area contributed by atoms with Gasteiger partial charge in [-0.3, -0.25) is 15.0 Å². The van der Waals surface area contributed by atoms with E-state index < -0.39 is 11.9 Å². The van der Waals surface area contributed by atoms with E-state index in [1.165, 1.54) is 16.8 Å². The summed E-state index contributed by atoms with van der Waals surface area (Å²) in [5.74, 6) is -0.555. The lowest BCUT2D eigenvalue weighted by molar-refractivity contribution is -0.140. The van der Waals surface area contributed by atoms with E-state index in [0.29, 0.717) is 34.0 Å². The second kappa shape index (κ2) is 11.8.